The number of aryl methyl sites for hydroxylation is 2. The van der Waals surface area contributed by atoms with Gasteiger partial charge in [0.25, 0.3) is 0 Å². The van der Waals surface area contributed by atoms with Gasteiger partial charge in [-0.15, -0.1) is 0 Å². The second-order valence-electron chi connectivity index (χ2n) is 3.72. The van der Waals surface area contributed by atoms with Crippen LogP contribution in [-0.4, -0.2) is 30.3 Å². The van der Waals surface area contributed by atoms with Crippen molar-refractivity contribution >= 4 is 12.0 Å². The molecule has 0 saturated heterocycles. The van der Waals surface area contributed by atoms with Gasteiger partial charge in [-0.3, -0.25) is 9.78 Å². The molecule has 0 amide bonds. The standard InChI is InChI=1S/C12H16N2O/c1-9-7-11(8-10(2)13-9)12(5-6-15)14(3)4/h5-8H,1-4H3. The zero-order chi connectivity index (χ0) is 11.4. The Morgan fingerprint density at radius 2 is 1.80 bits per heavy atom. The van der Waals surface area contributed by atoms with E-state index < -0.39 is 0 Å². The van der Waals surface area contributed by atoms with Gasteiger partial charge in [-0.25, -0.2) is 0 Å². The van der Waals surface area contributed by atoms with Crippen molar-refractivity contribution in [3.63, 3.8) is 0 Å². The van der Waals surface area contributed by atoms with Gasteiger partial charge in [-0.05, 0) is 26.0 Å². The first-order valence-corrected chi connectivity index (χ1v) is 4.83. The molecule has 0 N–H and O–H groups in total. The maximum absolute atomic E-state index is 10.5. The Kier molecular flexibility index (Phi) is 3.61. The van der Waals surface area contributed by atoms with E-state index in [1.165, 1.54) is 0 Å². The van der Waals surface area contributed by atoms with Gasteiger partial charge in [-0.2, -0.15) is 0 Å². The minimum absolute atomic E-state index is 0.806. The third-order valence-electron chi connectivity index (χ3n) is 2.08. The Morgan fingerprint density at radius 1 is 1.27 bits per heavy atom. The van der Waals surface area contributed by atoms with Crippen LogP contribution in [0.25, 0.3) is 5.70 Å². The number of rotatable bonds is 3. The lowest BCUT2D eigenvalue weighted by atomic mass is 10.1. The number of aldehydes is 1. The third kappa shape index (κ3) is 2.91. The van der Waals surface area contributed by atoms with E-state index in [1.807, 2.05) is 45.0 Å². The molecule has 0 aliphatic rings. The predicted octanol–water partition coefficient (Wildman–Crippen LogP) is 1.80. The molecule has 0 saturated carbocycles. The lowest BCUT2D eigenvalue weighted by Gasteiger charge is -2.17. The lowest BCUT2D eigenvalue weighted by Crippen LogP contribution is -2.10. The van der Waals surface area contributed by atoms with E-state index in [1.54, 1.807) is 6.08 Å². The second kappa shape index (κ2) is 4.73. The van der Waals surface area contributed by atoms with Gasteiger partial charge in [0.2, 0.25) is 0 Å². The molecule has 0 atom stereocenters. The highest BCUT2D eigenvalue weighted by molar-refractivity contribution is 5.80. The van der Waals surface area contributed by atoms with Gasteiger partial charge < -0.3 is 4.90 Å². The summed E-state index contributed by atoms with van der Waals surface area (Å²) in [4.78, 5) is 16.8. The van der Waals surface area contributed by atoms with Crippen molar-refractivity contribution in [3.05, 3.63) is 35.2 Å². The van der Waals surface area contributed by atoms with Crippen molar-refractivity contribution in [1.82, 2.24) is 9.88 Å². The molecule has 1 heterocycles. The van der Waals surface area contributed by atoms with Gasteiger partial charge in [0.05, 0.1) is 0 Å². The average Bonchev–Trinajstić information content (AvgIpc) is 2.11. The Bertz CT molecular complexity index is 374. The molecule has 80 valence electrons. The van der Waals surface area contributed by atoms with E-state index in [2.05, 4.69) is 4.98 Å². The van der Waals surface area contributed by atoms with Crippen LogP contribution in [0.2, 0.25) is 0 Å². The number of carbonyl (C=O) groups is 1. The van der Waals surface area contributed by atoms with Crippen LogP contribution in [0.1, 0.15) is 17.0 Å². The number of hydrogen-bond donors (Lipinski definition) is 0. The Hall–Kier alpha value is -1.64. The molecular formula is C12H16N2O. The average molecular weight is 204 g/mol. The van der Waals surface area contributed by atoms with E-state index in [9.17, 15) is 4.79 Å². The summed E-state index contributed by atoms with van der Waals surface area (Å²) in [5.41, 5.74) is 3.85. The van der Waals surface area contributed by atoms with E-state index in [0.29, 0.717) is 0 Å². The Labute approximate surface area is 90.4 Å². The highest BCUT2D eigenvalue weighted by atomic mass is 16.1. The highest BCUT2D eigenvalue weighted by Gasteiger charge is 2.05. The van der Waals surface area contributed by atoms with Crippen LogP contribution in [0.3, 0.4) is 0 Å². The summed E-state index contributed by atoms with van der Waals surface area (Å²) in [5, 5.41) is 0. The molecule has 1 rings (SSSR count). The molecular weight excluding hydrogens is 188 g/mol. The fourth-order valence-electron chi connectivity index (χ4n) is 1.55. The van der Waals surface area contributed by atoms with Crippen molar-refractivity contribution in [2.75, 3.05) is 14.1 Å². The van der Waals surface area contributed by atoms with Crippen LogP contribution in [0.15, 0.2) is 18.2 Å². The van der Waals surface area contributed by atoms with Crippen LogP contribution in [0.4, 0.5) is 0 Å². The summed E-state index contributed by atoms with van der Waals surface area (Å²) < 4.78 is 0. The molecule has 0 fully saturated rings. The molecule has 0 unspecified atom stereocenters. The summed E-state index contributed by atoms with van der Waals surface area (Å²) in [6, 6.07) is 3.95. The smallest absolute Gasteiger partial charge is 0.144 e. The normalized spacial score (nSPS) is 11.3. The first-order chi connectivity index (χ1) is 7.04. The van der Waals surface area contributed by atoms with Gasteiger partial charge in [0.15, 0.2) is 0 Å². The molecule has 0 aliphatic carbocycles. The molecule has 0 spiro atoms. The van der Waals surface area contributed by atoms with Crippen LogP contribution < -0.4 is 0 Å². The van der Waals surface area contributed by atoms with E-state index in [0.717, 1.165) is 28.9 Å². The fourth-order valence-corrected chi connectivity index (χ4v) is 1.55. The Balaban J connectivity index is 3.23. The monoisotopic (exact) mass is 204 g/mol. The second-order valence-corrected chi connectivity index (χ2v) is 3.72. The lowest BCUT2D eigenvalue weighted by molar-refractivity contribution is -0.104. The predicted molar refractivity (Wildman–Crippen MR) is 61.4 cm³/mol. The SMILES string of the molecule is Cc1cc(C(=CC=O)N(C)C)cc(C)n1. The van der Waals surface area contributed by atoms with Crippen LogP contribution in [-0.2, 0) is 4.79 Å². The maximum Gasteiger partial charge on any atom is 0.144 e. The number of allylic oxidation sites excluding steroid dienone is 1. The van der Waals surface area contributed by atoms with Crippen LogP contribution in [0.5, 0.6) is 0 Å². The molecule has 0 aromatic carbocycles. The van der Waals surface area contributed by atoms with Crippen molar-refractivity contribution in [2.45, 2.75) is 13.8 Å². The van der Waals surface area contributed by atoms with Gasteiger partial charge in [0.1, 0.15) is 6.29 Å². The van der Waals surface area contributed by atoms with E-state index >= 15 is 0 Å². The third-order valence-corrected chi connectivity index (χ3v) is 2.08. The quantitative estimate of drug-likeness (QED) is 0.556. The van der Waals surface area contributed by atoms with E-state index in [4.69, 9.17) is 0 Å². The summed E-state index contributed by atoms with van der Waals surface area (Å²) >= 11 is 0. The van der Waals surface area contributed by atoms with Crippen LogP contribution in [0, 0.1) is 13.8 Å². The van der Waals surface area contributed by atoms with E-state index in [-0.39, 0.29) is 0 Å². The Morgan fingerprint density at radius 3 is 2.20 bits per heavy atom. The summed E-state index contributed by atoms with van der Waals surface area (Å²) in [6.07, 6.45) is 2.37. The van der Waals surface area contributed by atoms with Crippen molar-refractivity contribution in [3.8, 4) is 0 Å². The number of pyridine rings is 1. The minimum atomic E-state index is 0.806. The maximum atomic E-state index is 10.5. The van der Waals surface area contributed by atoms with Crippen molar-refractivity contribution in [2.24, 2.45) is 0 Å². The number of hydrogen-bond acceptors (Lipinski definition) is 3. The van der Waals surface area contributed by atoms with Gasteiger partial charge in [0, 0.05) is 42.8 Å². The fraction of sp³-hybridized carbons (Fsp3) is 0.333. The molecule has 0 radical (unpaired) electrons. The molecule has 0 bridgehead atoms. The molecule has 1 aromatic rings. The zero-order valence-corrected chi connectivity index (χ0v) is 9.61. The molecule has 1 aromatic heterocycles. The first-order valence-electron chi connectivity index (χ1n) is 4.83. The molecule has 3 nitrogen and oxygen atoms in total. The van der Waals surface area contributed by atoms with Crippen molar-refractivity contribution < 1.29 is 4.79 Å². The van der Waals surface area contributed by atoms with Crippen LogP contribution >= 0.6 is 0 Å². The minimum Gasteiger partial charge on any atom is -0.377 e. The number of nitrogens with zero attached hydrogens (tertiary/aromatic N) is 2. The topological polar surface area (TPSA) is 33.2 Å². The first kappa shape index (κ1) is 11.4. The summed E-state index contributed by atoms with van der Waals surface area (Å²) in [6.45, 7) is 3.90. The molecule has 0 aliphatic heterocycles. The molecule has 15 heavy (non-hydrogen) atoms. The van der Waals surface area contributed by atoms with Crippen molar-refractivity contribution in [1.29, 1.82) is 0 Å². The number of carbonyl (C=O) groups excluding carboxylic acids is 1. The summed E-state index contributed by atoms with van der Waals surface area (Å²) in [7, 11) is 3.83. The van der Waals surface area contributed by atoms with Gasteiger partial charge in [-0.1, -0.05) is 0 Å². The zero-order valence-electron chi connectivity index (χ0n) is 9.61. The number of aromatic nitrogens is 1. The highest BCUT2D eigenvalue weighted by Crippen LogP contribution is 2.17. The largest absolute Gasteiger partial charge is 0.377 e. The summed E-state index contributed by atoms with van der Waals surface area (Å²) in [5.74, 6) is 0. The molecule has 3 heteroatoms. The van der Waals surface area contributed by atoms with Gasteiger partial charge >= 0.3 is 0 Å².